The zero-order valence-corrected chi connectivity index (χ0v) is 19.6. The zero-order valence-electron chi connectivity index (χ0n) is 19.6. The molecule has 0 radical (unpaired) electrons. The van der Waals surface area contributed by atoms with Gasteiger partial charge >= 0.3 is 0 Å². The van der Waals surface area contributed by atoms with Crippen LogP contribution in [0.3, 0.4) is 0 Å². The second-order valence-electron chi connectivity index (χ2n) is 8.53. The number of aromatic nitrogens is 1. The normalized spacial score (nSPS) is 11.8. The van der Waals surface area contributed by atoms with Crippen LogP contribution in [0, 0.1) is 0 Å². The SMILES string of the molecule is Nc1ccc(-c2cc(OC[C@H](N)Cc3ccccc3)cnc2-c2ccoc2)cc1C(=[NH2+])c1ccco1. The number of hydrogen-bond donors (Lipinski definition) is 3. The molecular weight excluding hydrogens is 452 g/mol. The Morgan fingerprint density at radius 2 is 1.83 bits per heavy atom. The van der Waals surface area contributed by atoms with Crippen LogP contribution < -0.4 is 21.6 Å². The third kappa shape index (κ3) is 5.06. The number of nitrogens with zero attached hydrogens (tertiary/aromatic N) is 1. The largest absolute Gasteiger partial charge is 0.490 e. The summed E-state index contributed by atoms with van der Waals surface area (Å²) in [5.74, 6) is 1.17. The van der Waals surface area contributed by atoms with Gasteiger partial charge in [0.15, 0.2) is 5.76 Å². The Balaban J connectivity index is 1.45. The molecule has 6 N–H and O–H groups in total. The van der Waals surface area contributed by atoms with Gasteiger partial charge in [0.2, 0.25) is 5.71 Å². The van der Waals surface area contributed by atoms with Crippen molar-refractivity contribution in [1.29, 1.82) is 0 Å². The summed E-state index contributed by atoms with van der Waals surface area (Å²) in [5.41, 5.74) is 18.8. The molecule has 0 aliphatic heterocycles. The van der Waals surface area contributed by atoms with E-state index in [1.807, 2.05) is 48.5 Å². The third-order valence-corrected chi connectivity index (χ3v) is 5.90. The topological polar surface area (TPSA) is 126 Å². The van der Waals surface area contributed by atoms with Gasteiger partial charge in [0, 0.05) is 22.9 Å². The van der Waals surface area contributed by atoms with Crippen LogP contribution in [0.1, 0.15) is 16.9 Å². The van der Waals surface area contributed by atoms with Crippen LogP contribution in [-0.2, 0) is 6.42 Å². The molecule has 180 valence electrons. The molecule has 5 aromatic rings. The average molecular weight is 480 g/mol. The molecule has 0 unspecified atom stereocenters. The number of nitrogen functional groups attached to an aromatic ring is 1. The van der Waals surface area contributed by atoms with E-state index in [-0.39, 0.29) is 6.04 Å². The van der Waals surface area contributed by atoms with Crippen molar-refractivity contribution < 1.29 is 19.0 Å². The van der Waals surface area contributed by atoms with Crippen molar-refractivity contribution in [3.8, 4) is 28.1 Å². The number of benzene rings is 2. The molecule has 0 amide bonds. The highest BCUT2D eigenvalue weighted by Crippen LogP contribution is 2.35. The number of anilines is 1. The summed E-state index contributed by atoms with van der Waals surface area (Å²) in [6, 6.07) is 23.0. The van der Waals surface area contributed by atoms with Crippen LogP contribution in [0.15, 0.2) is 107 Å². The van der Waals surface area contributed by atoms with E-state index in [0.29, 0.717) is 35.1 Å². The molecule has 0 fully saturated rings. The fourth-order valence-electron chi connectivity index (χ4n) is 4.07. The summed E-state index contributed by atoms with van der Waals surface area (Å²) in [7, 11) is 0. The Kier molecular flexibility index (Phi) is 6.64. The Hall–Kier alpha value is -4.62. The van der Waals surface area contributed by atoms with E-state index in [1.54, 1.807) is 37.1 Å². The zero-order chi connectivity index (χ0) is 24.9. The standard InChI is InChI=1S/C29H26N4O3/c30-22(13-19-5-2-1-3-6-19)18-36-23-15-24(29(33-16-23)21-10-12-34-17-21)20-8-9-26(31)25(14-20)28(32)27-7-4-11-35-27/h1-12,14-17,22,32H,13,18,30-31H2/p+1/t22-/m1/s1. The molecule has 7 nitrogen and oxygen atoms in total. The van der Waals surface area contributed by atoms with E-state index in [4.69, 9.17) is 35.4 Å². The fraction of sp³-hybridized carbons (Fsp3) is 0.103. The van der Waals surface area contributed by atoms with Gasteiger partial charge in [-0.3, -0.25) is 10.4 Å². The maximum absolute atomic E-state index is 6.39. The molecule has 0 aliphatic rings. The molecule has 7 heteroatoms. The fourth-order valence-corrected chi connectivity index (χ4v) is 4.07. The van der Waals surface area contributed by atoms with Crippen molar-refractivity contribution in [2.45, 2.75) is 12.5 Å². The number of nitrogens with two attached hydrogens (primary N) is 3. The van der Waals surface area contributed by atoms with Gasteiger partial charge in [0.1, 0.15) is 12.4 Å². The highest BCUT2D eigenvalue weighted by atomic mass is 16.5. The van der Waals surface area contributed by atoms with Crippen molar-refractivity contribution in [1.82, 2.24) is 4.98 Å². The molecule has 2 aromatic carbocycles. The van der Waals surface area contributed by atoms with E-state index < -0.39 is 0 Å². The molecule has 3 aromatic heterocycles. The summed E-state index contributed by atoms with van der Waals surface area (Å²) < 4.78 is 16.8. The molecule has 0 saturated carbocycles. The molecule has 0 aliphatic carbocycles. The lowest BCUT2D eigenvalue weighted by molar-refractivity contribution is -0.112. The number of furan rings is 2. The van der Waals surface area contributed by atoms with Gasteiger partial charge in [0.25, 0.3) is 0 Å². The Labute approximate surface area is 208 Å². The molecule has 0 saturated heterocycles. The van der Waals surface area contributed by atoms with Crippen molar-refractivity contribution in [3.63, 3.8) is 0 Å². The molecule has 5 rings (SSSR count). The van der Waals surface area contributed by atoms with Gasteiger partial charge in [-0.05, 0) is 53.9 Å². The summed E-state index contributed by atoms with van der Waals surface area (Å²) in [5, 5.41) is 6.39. The number of ether oxygens (including phenoxy) is 1. The maximum Gasteiger partial charge on any atom is 0.249 e. The first-order valence-electron chi connectivity index (χ1n) is 11.6. The predicted molar refractivity (Wildman–Crippen MR) is 139 cm³/mol. The Morgan fingerprint density at radius 3 is 2.58 bits per heavy atom. The number of pyridine rings is 1. The van der Waals surface area contributed by atoms with Gasteiger partial charge in [-0.2, -0.15) is 0 Å². The Bertz CT molecular complexity index is 1450. The molecular formula is C29H27N4O3+. The van der Waals surface area contributed by atoms with Crippen molar-refractivity contribution in [2.24, 2.45) is 5.73 Å². The highest BCUT2D eigenvalue weighted by molar-refractivity contribution is 6.11. The highest BCUT2D eigenvalue weighted by Gasteiger charge is 2.20. The average Bonchev–Trinajstić information content (AvgIpc) is 3.63. The lowest BCUT2D eigenvalue weighted by Crippen LogP contribution is -2.41. The minimum Gasteiger partial charge on any atom is -0.490 e. The summed E-state index contributed by atoms with van der Waals surface area (Å²) in [6.45, 7) is 0.354. The van der Waals surface area contributed by atoms with Gasteiger partial charge in [-0.15, -0.1) is 0 Å². The van der Waals surface area contributed by atoms with E-state index >= 15 is 0 Å². The van der Waals surface area contributed by atoms with Crippen LogP contribution in [0.4, 0.5) is 5.69 Å². The lowest BCUT2D eigenvalue weighted by atomic mass is 9.96. The lowest BCUT2D eigenvalue weighted by Gasteiger charge is -2.15. The minimum absolute atomic E-state index is 0.157. The molecule has 3 heterocycles. The maximum atomic E-state index is 6.39. The molecule has 0 spiro atoms. The van der Waals surface area contributed by atoms with E-state index in [1.165, 1.54) is 5.56 Å². The van der Waals surface area contributed by atoms with Crippen LogP contribution in [0.2, 0.25) is 0 Å². The van der Waals surface area contributed by atoms with E-state index in [2.05, 4.69) is 12.1 Å². The summed E-state index contributed by atoms with van der Waals surface area (Å²) in [4.78, 5) is 4.69. The monoisotopic (exact) mass is 479 g/mol. The summed E-state index contributed by atoms with van der Waals surface area (Å²) in [6.07, 6.45) is 7.26. The van der Waals surface area contributed by atoms with E-state index in [9.17, 15) is 0 Å². The first-order chi connectivity index (χ1) is 17.6. The Morgan fingerprint density at radius 1 is 0.972 bits per heavy atom. The van der Waals surface area contributed by atoms with E-state index in [0.717, 1.165) is 28.8 Å². The predicted octanol–water partition coefficient (Wildman–Crippen LogP) is 3.73. The first-order valence-corrected chi connectivity index (χ1v) is 11.6. The van der Waals surface area contributed by atoms with Crippen LogP contribution in [0.5, 0.6) is 5.75 Å². The van der Waals surface area contributed by atoms with Crippen LogP contribution in [0.25, 0.3) is 22.4 Å². The molecule has 36 heavy (non-hydrogen) atoms. The number of hydrogen-bond acceptors (Lipinski definition) is 6. The van der Waals surface area contributed by atoms with Crippen molar-refractivity contribution >= 4 is 11.4 Å². The summed E-state index contributed by atoms with van der Waals surface area (Å²) >= 11 is 0. The van der Waals surface area contributed by atoms with Crippen molar-refractivity contribution in [3.05, 3.63) is 115 Å². The third-order valence-electron chi connectivity index (χ3n) is 5.90. The minimum atomic E-state index is -0.157. The van der Waals surface area contributed by atoms with Crippen molar-refractivity contribution in [2.75, 3.05) is 12.3 Å². The van der Waals surface area contributed by atoms with Crippen LogP contribution in [-0.4, -0.2) is 23.3 Å². The van der Waals surface area contributed by atoms with Gasteiger partial charge in [-0.25, -0.2) is 0 Å². The molecule has 1 atom stereocenters. The first kappa shape index (κ1) is 23.1. The van der Waals surface area contributed by atoms with Gasteiger partial charge in [-0.1, -0.05) is 36.4 Å². The second-order valence-corrected chi connectivity index (χ2v) is 8.53. The van der Waals surface area contributed by atoms with Gasteiger partial charge in [0.05, 0.1) is 36.2 Å². The smallest absolute Gasteiger partial charge is 0.249 e. The van der Waals surface area contributed by atoms with Gasteiger partial charge < -0.3 is 25.0 Å². The molecule has 0 bridgehead atoms. The number of rotatable bonds is 9. The van der Waals surface area contributed by atoms with Crippen LogP contribution >= 0.6 is 0 Å². The quantitative estimate of drug-likeness (QED) is 0.218. The second kappa shape index (κ2) is 10.3.